The molecule has 2 fully saturated rings. The fourth-order valence-electron chi connectivity index (χ4n) is 10.2. The molecule has 0 aliphatic carbocycles. The standard InChI is InChI=1S/C46H52ClN3O11Si/c1-25-42(62(3,4)33-15-13-32(59-2)14-16-33)36(21-37(52)49-23-28-10-6-5-9-27(28)19-31(49)24-51)61-46(25)34-20-29(47)12-17-35(34)50(45(46)58)22-26-8-7-11-30(18-26)48-43(56)41-39(54)38(53)40(55)44(57)60-41/h5-18,20,25,31,36,38-42,44,51,53-55,57H,19,21-24H2,1-4H3,(H,48,56)/t25-,31-,36+,38-,39-,40+,41-,42-,44+,46+/m0/s1. The second-order valence-corrected chi connectivity index (χ2v) is 22.5. The van der Waals surface area contributed by atoms with Gasteiger partial charge in [-0.1, -0.05) is 85.3 Å². The number of aliphatic hydroxyl groups is 5. The number of anilines is 2. The molecule has 2 saturated heterocycles. The van der Waals surface area contributed by atoms with Crippen molar-refractivity contribution in [1.82, 2.24) is 4.90 Å². The second kappa shape index (κ2) is 17.1. The van der Waals surface area contributed by atoms with E-state index in [9.17, 15) is 35.1 Å². The number of amides is 3. The number of benzene rings is 4. The maximum atomic E-state index is 15.4. The number of nitrogens with zero attached hydrogens (tertiary/aromatic N) is 2. The number of hydrogen-bond donors (Lipinski definition) is 6. The van der Waals surface area contributed by atoms with Crippen molar-refractivity contribution in [3.05, 3.63) is 118 Å². The first-order valence-corrected chi connectivity index (χ1v) is 24.2. The fourth-order valence-corrected chi connectivity index (χ4v) is 14.4. The van der Waals surface area contributed by atoms with Crippen LogP contribution in [0.4, 0.5) is 11.4 Å². The molecule has 0 unspecified atom stereocenters. The SMILES string of the molecule is COc1ccc([Si](C)(C)[C@@H]2[C@@H](CC(=O)N3Cc4ccccc4C[C@H]3CO)O[C@]3(C(=O)N(Cc4cccc(NC(=O)[C@H]5O[C@@H](O)[C@H](O)[C@@H](O)[C@@H]5O)c4)c4ccc(Cl)cc43)[C@H]2C)cc1. The number of rotatable bonds is 10. The molecule has 62 heavy (non-hydrogen) atoms. The zero-order chi connectivity index (χ0) is 44.2. The van der Waals surface area contributed by atoms with Gasteiger partial charge >= 0.3 is 0 Å². The Balaban J connectivity index is 1.12. The molecule has 0 bridgehead atoms. The van der Waals surface area contributed by atoms with Gasteiger partial charge in [-0.3, -0.25) is 14.4 Å². The number of ether oxygens (including phenoxy) is 3. The summed E-state index contributed by atoms with van der Waals surface area (Å²) in [6, 6.07) is 27.5. The van der Waals surface area contributed by atoms with E-state index in [4.69, 9.17) is 25.8 Å². The molecule has 4 aliphatic rings. The molecule has 328 valence electrons. The molecule has 0 radical (unpaired) electrons. The van der Waals surface area contributed by atoms with Gasteiger partial charge in [0, 0.05) is 28.7 Å². The van der Waals surface area contributed by atoms with Crippen LogP contribution in [0.25, 0.3) is 0 Å². The van der Waals surface area contributed by atoms with Gasteiger partial charge < -0.3 is 54.9 Å². The van der Waals surface area contributed by atoms with Crippen molar-refractivity contribution in [3.63, 3.8) is 0 Å². The average molecular weight is 886 g/mol. The first-order valence-electron chi connectivity index (χ1n) is 20.8. The summed E-state index contributed by atoms with van der Waals surface area (Å²) in [4.78, 5) is 46.6. The molecule has 8 rings (SSSR count). The van der Waals surface area contributed by atoms with Gasteiger partial charge in [-0.2, -0.15) is 0 Å². The van der Waals surface area contributed by atoms with Crippen molar-refractivity contribution in [3.8, 4) is 5.75 Å². The summed E-state index contributed by atoms with van der Waals surface area (Å²) in [7, 11) is -1.02. The number of carbonyl (C=O) groups is 3. The quantitative estimate of drug-likeness (QED) is 0.128. The van der Waals surface area contributed by atoms with E-state index in [1.54, 1.807) is 59.4 Å². The number of methoxy groups -OCH3 is 1. The number of halogens is 1. The summed E-state index contributed by atoms with van der Waals surface area (Å²) in [5, 5.41) is 55.1. The molecule has 0 saturated carbocycles. The Hall–Kier alpha value is -4.68. The van der Waals surface area contributed by atoms with Crippen LogP contribution < -0.4 is 20.1 Å². The molecule has 0 aromatic heterocycles. The lowest BCUT2D eigenvalue weighted by molar-refractivity contribution is -0.274. The molecule has 16 heteroatoms. The smallest absolute Gasteiger partial charge is 0.264 e. The number of carbonyl (C=O) groups excluding carboxylic acids is 3. The molecule has 4 aromatic rings. The summed E-state index contributed by atoms with van der Waals surface area (Å²) < 4.78 is 17.8. The molecule has 14 nitrogen and oxygen atoms in total. The van der Waals surface area contributed by atoms with Crippen LogP contribution in [0.15, 0.2) is 91.0 Å². The summed E-state index contributed by atoms with van der Waals surface area (Å²) in [6.45, 7) is 6.71. The average Bonchev–Trinajstić information content (AvgIpc) is 3.68. The normalized spacial score (nSPS) is 29.4. The molecule has 3 amide bonds. The Morgan fingerprint density at radius 1 is 0.935 bits per heavy atom. The minimum atomic E-state index is -2.63. The van der Waals surface area contributed by atoms with E-state index in [0.29, 0.717) is 40.6 Å². The number of nitrogens with one attached hydrogen (secondary N) is 1. The van der Waals surface area contributed by atoms with E-state index in [0.717, 1.165) is 16.3 Å². The Bertz CT molecular complexity index is 2350. The molecular formula is C46H52ClN3O11Si. The van der Waals surface area contributed by atoms with Crippen LogP contribution in [-0.2, 0) is 49.0 Å². The Morgan fingerprint density at radius 2 is 1.66 bits per heavy atom. The van der Waals surface area contributed by atoms with Crippen molar-refractivity contribution in [1.29, 1.82) is 0 Å². The van der Waals surface area contributed by atoms with Crippen molar-refractivity contribution in [2.24, 2.45) is 5.92 Å². The highest BCUT2D eigenvalue weighted by Crippen LogP contribution is 2.60. The van der Waals surface area contributed by atoms with Gasteiger partial charge in [-0.05, 0) is 71.1 Å². The third kappa shape index (κ3) is 7.62. The lowest BCUT2D eigenvalue weighted by atomic mass is 9.82. The molecule has 10 atom stereocenters. The lowest BCUT2D eigenvalue weighted by Crippen LogP contribution is -2.60. The number of fused-ring (bicyclic) bond motifs is 3. The van der Waals surface area contributed by atoms with E-state index < -0.39 is 68.4 Å². The topological polar surface area (TPSA) is 199 Å². The maximum absolute atomic E-state index is 15.4. The van der Waals surface area contributed by atoms with Crippen LogP contribution in [0, 0.1) is 5.92 Å². The highest BCUT2D eigenvalue weighted by Gasteiger charge is 2.66. The van der Waals surface area contributed by atoms with Crippen molar-refractivity contribution >= 4 is 54.0 Å². The summed E-state index contributed by atoms with van der Waals surface area (Å²) >= 11 is 6.72. The lowest BCUT2D eigenvalue weighted by Gasteiger charge is -2.39. The highest BCUT2D eigenvalue weighted by atomic mass is 35.5. The first kappa shape index (κ1) is 43.9. The van der Waals surface area contributed by atoms with Gasteiger partial charge in [-0.15, -0.1) is 0 Å². The minimum absolute atomic E-state index is 0.0145. The number of hydrogen-bond acceptors (Lipinski definition) is 11. The third-order valence-corrected chi connectivity index (χ3v) is 18.0. The van der Waals surface area contributed by atoms with Gasteiger partial charge in [-0.25, -0.2) is 0 Å². The van der Waals surface area contributed by atoms with Crippen LogP contribution in [0.1, 0.15) is 35.6 Å². The van der Waals surface area contributed by atoms with E-state index in [2.05, 4.69) is 30.5 Å². The van der Waals surface area contributed by atoms with Crippen LogP contribution in [0.3, 0.4) is 0 Å². The van der Waals surface area contributed by atoms with E-state index in [1.165, 1.54) is 0 Å². The predicted octanol–water partition coefficient (Wildman–Crippen LogP) is 3.19. The van der Waals surface area contributed by atoms with Gasteiger partial charge in [0.15, 0.2) is 18.0 Å². The second-order valence-electron chi connectivity index (χ2n) is 17.4. The predicted molar refractivity (Wildman–Crippen MR) is 232 cm³/mol. The highest BCUT2D eigenvalue weighted by molar-refractivity contribution is 6.91. The van der Waals surface area contributed by atoms with E-state index >= 15 is 4.79 Å². The molecule has 4 aromatic carbocycles. The zero-order valence-electron chi connectivity index (χ0n) is 34.8. The summed E-state index contributed by atoms with van der Waals surface area (Å²) in [5.74, 6) is -1.08. The molecule has 4 heterocycles. The zero-order valence-corrected chi connectivity index (χ0v) is 36.6. The van der Waals surface area contributed by atoms with Gasteiger partial charge in [0.25, 0.3) is 11.8 Å². The fraction of sp³-hybridized carbons (Fsp3) is 0.413. The molecule has 4 aliphatic heterocycles. The van der Waals surface area contributed by atoms with Crippen molar-refractivity contribution in [2.75, 3.05) is 23.9 Å². The molecular weight excluding hydrogens is 834 g/mol. The monoisotopic (exact) mass is 885 g/mol. The largest absolute Gasteiger partial charge is 0.497 e. The Labute approximate surface area is 365 Å². The third-order valence-electron chi connectivity index (χ3n) is 13.4. The first-order chi connectivity index (χ1) is 29.6. The van der Waals surface area contributed by atoms with Crippen molar-refractivity contribution in [2.45, 2.75) is 99.9 Å². The van der Waals surface area contributed by atoms with Gasteiger partial charge in [0.1, 0.15) is 24.1 Å². The summed E-state index contributed by atoms with van der Waals surface area (Å²) in [5.41, 5.74) is 2.43. The summed E-state index contributed by atoms with van der Waals surface area (Å²) in [6.07, 6.45) is -9.16. The van der Waals surface area contributed by atoms with E-state index in [-0.39, 0.29) is 42.6 Å². The maximum Gasteiger partial charge on any atom is 0.264 e. The minimum Gasteiger partial charge on any atom is -0.497 e. The Kier molecular flexibility index (Phi) is 12.1. The Morgan fingerprint density at radius 3 is 2.37 bits per heavy atom. The number of aliphatic hydroxyl groups excluding tert-OH is 5. The molecule has 1 spiro atoms. The van der Waals surface area contributed by atoms with Crippen LogP contribution in [0.5, 0.6) is 5.75 Å². The molecule has 6 N–H and O–H groups in total. The van der Waals surface area contributed by atoms with E-state index in [1.807, 2.05) is 43.3 Å². The van der Waals surface area contributed by atoms with Gasteiger partial charge in [0.05, 0.1) is 52.6 Å². The van der Waals surface area contributed by atoms with Crippen LogP contribution in [0.2, 0.25) is 23.7 Å². The van der Waals surface area contributed by atoms with Gasteiger partial charge in [0.2, 0.25) is 5.91 Å². The van der Waals surface area contributed by atoms with Crippen LogP contribution in [-0.4, -0.2) is 113 Å². The van der Waals surface area contributed by atoms with Crippen LogP contribution >= 0.6 is 11.6 Å². The van der Waals surface area contributed by atoms with Crippen molar-refractivity contribution < 1.29 is 54.1 Å².